The van der Waals surface area contributed by atoms with Gasteiger partial charge in [-0.1, -0.05) is 13.8 Å². The van der Waals surface area contributed by atoms with Crippen molar-refractivity contribution in [2.75, 3.05) is 13.1 Å². The molecule has 0 atom stereocenters. The zero-order valence-electron chi connectivity index (χ0n) is 14.0. The van der Waals surface area contributed by atoms with Gasteiger partial charge in [0.05, 0.1) is 0 Å². The molecule has 0 spiro atoms. The van der Waals surface area contributed by atoms with Gasteiger partial charge in [0, 0.05) is 44.4 Å². The molecule has 0 bridgehead atoms. The van der Waals surface area contributed by atoms with E-state index in [9.17, 15) is 9.59 Å². The average molecular weight is 284 g/mol. The number of hydrogen-bond acceptors (Lipinski definition) is 3. The predicted octanol–water partition coefficient (Wildman–Crippen LogP) is 2.62. The maximum absolute atomic E-state index is 11.8. The van der Waals surface area contributed by atoms with E-state index >= 15 is 0 Å². The maximum atomic E-state index is 11.8. The molecule has 0 aliphatic rings. The summed E-state index contributed by atoms with van der Waals surface area (Å²) in [4.78, 5) is 25.6. The molecule has 1 N–H and O–H groups in total. The molecule has 0 saturated carbocycles. The van der Waals surface area contributed by atoms with Crippen molar-refractivity contribution < 1.29 is 9.59 Å². The molecule has 0 aromatic rings. The fourth-order valence-electron chi connectivity index (χ4n) is 2.09. The molecule has 1 amide bonds. The van der Waals surface area contributed by atoms with Crippen molar-refractivity contribution in [3.63, 3.8) is 0 Å². The Morgan fingerprint density at radius 3 is 1.95 bits per heavy atom. The molecular formula is C16H32N2O2. The lowest BCUT2D eigenvalue weighted by molar-refractivity contribution is -0.122. The second-order valence-electron chi connectivity index (χ2n) is 6.49. The van der Waals surface area contributed by atoms with Crippen LogP contribution in [0.2, 0.25) is 0 Å². The van der Waals surface area contributed by atoms with Crippen LogP contribution < -0.4 is 5.32 Å². The van der Waals surface area contributed by atoms with Gasteiger partial charge in [0.15, 0.2) is 0 Å². The molecule has 0 heterocycles. The number of rotatable bonds is 10. The molecule has 0 radical (unpaired) electrons. The normalized spacial score (nSPS) is 11.7. The Hall–Kier alpha value is -0.900. The van der Waals surface area contributed by atoms with Gasteiger partial charge >= 0.3 is 0 Å². The number of nitrogens with one attached hydrogen (secondary N) is 1. The van der Waals surface area contributed by atoms with E-state index in [0.717, 1.165) is 6.54 Å². The summed E-state index contributed by atoms with van der Waals surface area (Å²) in [5.74, 6) is 0.822. The quantitative estimate of drug-likeness (QED) is 0.671. The molecule has 20 heavy (non-hydrogen) atoms. The highest BCUT2D eigenvalue weighted by atomic mass is 16.1. The van der Waals surface area contributed by atoms with Crippen LogP contribution in [0.15, 0.2) is 0 Å². The first-order valence-electron chi connectivity index (χ1n) is 7.77. The van der Waals surface area contributed by atoms with Crippen LogP contribution in [-0.2, 0) is 9.59 Å². The highest BCUT2D eigenvalue weighted by molar-refractivity contribution is 5.78. The molecule has 0 rings (SSSR count). The minimum absolute atomic E-state index is 0.0826. The number of Topliss-reactive ketones (excluding diaryl/α,β-unsaturated/α-hetero) is 1. The lowest BCUT2D eigenvalue weighted by atomic mass is 10.0. The van der Waals surface area contributed by atoms with E-state index in [1.807, 2.05) is 13.8 Å². The Labute approximate surface area is 124 Å². The van der Waals surface area contributed by atoms with Gasteiger partial charge in [0.25, 0.3) is 0 Å². The summed E-state index contributed by atoms with van der Waals surface area (Å²) in [6.07, 6.45) is 1.73. The van der Waals surface area contributed by atoms with E-state index in [1.165, 1.54) is 0 Å². The summed E-state index contributed by atoms with van der Waals surface area (Å²) < 4.78 is 0. The highest BCUT2D eigenvalue weighted by Crippen LogP contribution is 2.06. The molecule has 0 aliphatic heterocycles. The first kappa shape index (κ1) is 19.1. The van der Waals surface area contributed by atoms with Crippen LogP contribution in [0.3, 0.4) is 0 Å². The number of carbonyl (C=O) groups is 2. The molecule has 0 aromatic carbocycles. The Morgan fingerprint density at radius 2 is 1.50 bits per heavy atom. The summed E-state index contributed by atoms with van der Waals surface area (Å²) in [7, 11) is 0. The lowest BCUT2D eigenvalue weighted by Crippen LogP contribution is -2.38. The number of carbonyl (C=O) groups excluding carboxylic acids is 2. The third-order valence-corrected chi connectivity index (χ3v) is 3.12. The SMILES string of the molecule is CC(C)CC(=O)CCN(CCC(=O)NC(C)C)C(C)C. The van der Waals surface area contributed by atoms with E-state index in [4.69, 9.17) is 0 Å². The Bertz CT molecular complexity index is 273. The molecule has 118 valence electrons. The van der Waals surface area contributed by atoms with Crippen LogP contribution in [0.25, 0.3) is 0 Å². The second-order valence-corrected chi connectivity index (χ2v) is 6.49. The van der Waals surface area contributed by atoms with Gasteiger partial charge in [0.1, 0.15) is 5.78 Å². The van der Waals surface area contributed by atoms with Crippen molar-refractivity contribution in [1.82, 2.24) is 10.2 Å². The molecule has 0 fully saturated rings. The van der Waals surface area contributed by atoms with Crippen LogP contribution in [0.4, 0.5) is 0 Å². The van der Waals surface area contributed by atoms with E-state index in [0.29, 0.717) is 43.6 Å². The smallest absolute Gasteiger partial charge is 0.221 e. The van der Waals surface area contributed by atoms with Crippen LogP contribution in [0.1, 0.15) is 60.8 Å². The number of nitrogens with zero attached hydrogens (tertiary/aromatic N) is 1. The van der Waals surface area contributed by atoms with Gasteiger partial charge in [-0.25, -0.2) is 0 Å². The first-order chi connectivity index (χ1) is 9.22. The maximum Gasteiger partial charge on any atom is 0.221 e. The second kappa shape index (κ2) is 9.92. The van der Waals surface area contributed by atoms with Crippen LogP contribution >= 0.6 is 0 Å². The lowest BCUT2D eigenvalue weighted by Gasteiger charge is -2.26. The van der Waals surface area contributed by atoms with Crippen molar-refractivity contribution in [3.05, 3.63) is 0 Å². The fourth-order valence-corrected chi connectivity index (χ4v) is 2.09. The molecule has 0 unspecified atom stereocenters. The number of hydrogen-bond donors (Lipinski definition) is 1. The third-order valence-electron chi connectivity index (χ3n) is 3.12. The minimum Gasteiger partial charge on any atom is -0.354 e. The van der Waals surface area contributed by atoms with E-state index in [1.54, 1.807) is 0 Å². The third kappa shape index (κ3) is 9.96. The molecule has 0 aliphatic carbocycles. The van der Waals surface area contributed by atoms with Gasteiger partial charge in [0.2, 0.25) is 5.91 Å². The monoisotopic (exact) mass is 284 g/mol. The van der Waals surface area contributed by atoms with Crippen molar-refractivity contribution in [2.45, 2.75) is 72.9 Å². The Kier molecular flexibility index (Phi) is 9.47. The minimum atomic E-state index is 0.0826. The van der Waals surface area contributed by atoms with Crippen LogP contribution in [0, 0.1) is 5.92 Å². The van der Waals surface area contributed by atoms with Gasteiger partial charge in [-0.15, -0.1) is 0 Å². The standard InChI is InChI=1S/C16H32N2O2/c1-12(2)11-15(19)7-9-18(14(5)6)10-8-16(20)17-13(3)4/h12-14H,7-11H2,1-6H3,(H,17,20). The van der Waals surface area contributed by atoms with Crippen LogP contribution in [0.5, 0.6) is 0 Å². The summed E-state index contributed by atoms with van der Waals surface area (Å²) in [5.41, 5.74) is 0. The zero-order chi connectivity index (χ0) is 15.7. The number of ketones is 1. The summed E-state index contributed by atoms with van der Waals surface area (Å²) >= 11 is 0. The zero-order valence-corrected chi connectivity index (χ0v) is 14.0. The first-order valence-corrected chi connectivity index (χ1v) is 7.77. The van der Waals surface area contributed by atoms with E-state index in [2.05, 4.69) is 37.9 Å². The molecular weight excluding hydrogens is 252 g/mol. The van der Waals surface area contributed by atoms with Gasteiger partial charge in [-0.2, -0.15) is 0 Å². The predicted molar refractivity (Wildman–Crippen MR) is 83.7 cm³/mol. The molecule has 0 saturated heterocycles. The molecule has 4 nitrogen and oxygen atoms in total. The summed E-state index contributed by atoms with van der Waals surface area (Å²) in [6, 6.07) is 0.538. The largest absolute Gasteiger partial charge is 0.354 e. The van der Waals surface area contributed by atoms with Crippen molar-refractivity contribution in [1.29, 1.82) is 0 Å². The van der Waals surface area contributed by atoms with Crippen molar-refractivity contribution in [3.8, 4) is 0 Å². The average Bonchev–Trinajstić information content (AvgIpc) is 2.26. The van der Waals surface area contributed by atoms with Gasteiger partial charge < -0.3 is 5.32 Å². The molecule has 0 aromatic heterocycles. The van der Waals surface area contributed by atoms with E-state index in [-0.39, 0.29) is 11.9 Å². The van der Waals surface area contributed by atoms with Crippen molar-refractivity contribution >= 4 is 11.7 Å². The Balaban J connectivity index is 4.11. The molecule has 4 heteroatoms. The topological polar surface area (TPSA) is 49.4 Å². The van der Waals surface area contributed by atoms with Crippen molar-refractivity contribution in [2.24, 2.45) is 5.92 Å². The van der Waals surface area contributed by atoms with Crippen LogP contribution in [-0.4, -0.2) is 41.8 Å². The number of amides is 1. The Morgan fingerprint density at radius 1 is 0.950 bits per heavy atom. The van der Waals surface area contributed by atoms with E-state index < -0.39 is 0 Å². The fraction of sp³-hybridized carbons (Fsp3) is 0.875. The summed E-state index contributed by atoms with van der Waals surface area (Å²) in [6.45, 7) is 13.7. The van der Waals surface area contributed by atoms with Gasteiger partial charge in [-0.05, 0) is 33.6 Å². The van der Waals surface area contributed by atoms with Gasteiger partial charge in [-0.3, -0.25) is 14.5 Å². The summed E-state index contributed by atoms with van der Waals surface area (Å²) in [5, 5.41) is 2.90. The highest BCUT2D eigenvalue weighted by Gasteiger charge is 2.14.